The highest BCUT2D eigenvalue weighted by molar-refractivity contribution is 7.18. The third kappa shape index (κ3) is 6.57. The SMILES string of the molecule is NNC(=O)C(=O)N/N=C(\CCC(=O)Nc1ccc(Cl)cc1)Cc1nc2ccccc2s1. The van der Waals surface area contributed by atoms with E-state index in [0.29, 0.717) is 22.8 Å². The van der Waals surface area contributed by atoms with Crippen LogP contribution in [0.1, 0.15) is 17.8 Å². The van der Waals surface area contributed by atoms with E-state index in [0.717, 1.165) is 15.2 Å². The number of rotatable bonds is 7. The first kappa shape index (κ1) is 22.3. The molecule has 5 N–H and O–H groups in total. The fourth-order valence-electron chi connectivity index (χ4n) is 2.61. The Balaban J connectivity index is 1.68. The number of anilines is 1. The van der Waals surface area contributed by atoms with E-state index in [9.17, 15) is 14.4 Å². The molecule has 9 nitrogen and oxygen atoms in total. The molecule has 0 atom stereocenters. The van der Waals surface area contributed by atoms with Crippen LogP contribution < -0.4 is 22.0 Å². The number of thiazole rings is 1. The van der Waals surface area contributed by atoms with Gasteiger partial charge in [0.15, 0.2) is 0 Å². The summed E-state index contributed by atoms with van der Waals surface area (Å²) in [5.41, 5.74) is 5.85. The lowest BCUT2D eigenvalue weighted by molar-refractivity contribution is -0.139. The third-order valence-corrected chi connectivity index (χ3v) is 5.40. The van der Waals surface area contributed by atoms with Crippen LogP contribution in [0.3, 0.4) is 0 Å². The van der Waals surface area contributed by atoms with Crippen molar-refractivity contribution in [3.05, 3.63) is 58.6 Å². The van der Waals surface area contributed by atoms with Crippen molar-refractivity contribution in [1.29, 1.82) is 0 Å². The molecular formula is C20H19ClN6O3S. The number of para-hydroxylation sites is 1. The Labute approximate surface area is 186 Å². The fraction of sp³-hybridized carbons (Fsp3) is 0.150. The normalized spacial score (nSPS) is 11.2. The van der Waals surface area contributed by atoms with Crippen LogP contribution in [0.25, 0.3) is 10.2 Å². The first-order valence-corrected chi connectivity index (χ1v) is 10.4. The quantitative estimate of drug-likeness (QED) is 0.141. The first-order valence-electron chi connectivity index (χ1n) is 9.21. The van der Waals surface area contributed by atoms with Crippen LogP contribution in [0.15, 0.2) is 53.6 Å². The van der Waals surface area contributed by atoms with E-state index in [2.05, 4.69) is 20.8 Å². The van der Waals surface area contributed by atoms with Gasteiger partial charge in [-0.1, -0.05) is 23.7 Å². The summed E-state index contributed by atoms with van der Waals surface area (Å²) in [6.07, 6.45) is 0.684. The molecular weight excluding hydrogens is 440 g/mol. The molecule has 2 aromatic carbocycles. The molecule has 3 aromatic rings. The fourth-order valence-corrected chi connectivity index (χ4v) is 3.74. The van der Waals surface area contributed by atoms with Crippen molar-refractivity contribution in [2.24, 2.45) is 10.9 Å². The number of hydrazone groups is 1. The van der Waals surface area contributed by atoms with Crippen LogP contribution in [-0.2, 0) is 20.8 Å². The number of hydrogen-bond acceptors (Lipinski definition) is 7. The van der Waals surface area contributed by atoms with E-state index in [1.165, 1.54) is 11.3 Å². The van der Waals surface area contributed by atoms with Gasteiger partial charge in [0.2, 0.25) is 5.91 Å². The molecule has 160 valence electrons. The van der Waals surface area contributed by atoms with E-state index >= 15 is 0 Å². The van der Waals surface area contributed by atoms with Crippen LogP contribution >= 0.6 is 22.9 Å². The molecule has 0 fully saturated rings. The monoisotopic (exact) mass is 458 g/mol. The standard InChI is InChI=1S/C20H19ClN6O3S/c21-12-5-7-13(8-6-12)23-17(28)10-9-14(26-27-20(30)19(29)25-22)11-18-24-15-3-1-2-4-16(15)31-18/h1-8H,9-11,22H2,(H,23,28)(H,25,29)(H,27,30)/b26-14+. The first-order chi connectivity index (χ1) is 14.9. The minimum absolute atomic E-state index is 0.116. The maximum atomic E-state index is 12.3. The highest BCUT2D eigenvalue weighted by atomic mass is 35.5. The highest BCUT2D eigenvalue weighted by Crippen LogP contribution is 2.22. The second-order valence-corrected chi connectivity index (χ2v) is 7.95. The lowest BCUT2D eigenvalue weighted by Crippen LogP contribution is -2.41. The van der Waals surface area contributed by atoms with Crippen molar-refractivity contribution in [1.82, 2.24) is 15.8 Å². The average Bonchev–Trinajstić information content (AvgIpc) is 3.18. The summed E-state index contributed by atoms with van der Waals surface area (Å²) in [5.74, 6) is 2.69. The van der Waals surface area contributed by atoms with Gasteiger partial charge in [-0.15, -0.1) is 11.3 Å². The molecule has 0 spiro atoms. The van der Waals surface area contributed by atoms with Crippen molar-refractivity contribution in [2.75, 3.05) is 5.32 Å². The third-order valence-electron chi connectivity index (χ3n) is 4.11. The van der Waals surface area contributed by atoms with Crippen molar-refractivity contribution in [3.63, 3.8) is 0 Å². The van der Waals surface area contributed by atoms with E-state index in [4.69, 9.17) is 17.4 Å². The summed E-state index contributed by atoms with van der Waals surface area (Å²) in [4.78, 5) is 39.8. The predicted molar refractivity (Wildman–Crippen MR) is 121 cm³/mol. The molecule has 1 heterocycles. The summed E-state index contributed by atoms with van der Waals surface area (Å²) in [7, 11) is 0. The van der Waals surface area contributed by atoms with Crippen molar-refractivity contribution in [3.8, 4) is 0 Å². The largest absolute Gasteiger partial charge is 0.330 e. The number of fused-ring (bicyclic) bond motifs is 1. The maximum Gasteiger partial charge on any atom is 0.330 e. The minimum Gasteiger partial charge on any atom is -0.326 e. The molecule has 11 heteroatoms. The number of nitrogens with two attached hydrogens (primary N) is 1. The second-order valence-electron chi connectivity index (χ2n) is 6.40. The number of hydrazine groups is 1. The molecule has 0 aliphatic rings. The number of halogens is 1. The average molecular weight is 459 g/mol. The number of benzene rings is 2. The molecule has 0 aliphatic heterocycles. The molecule has 0 radical (unpaired) electrons. The lowest BCUT2D eigenvalue weighted by Gasteiger charge is -2.07. The zero-order chi connectivity index (χ0) is 22.2. The number of hydrogen-bond donors (Lipinski definition) is 4. The van der Waals surface area contributed by atoms with Gasteiger partial charge in [-0.2, -0.15) is 5.10 Å². The van der Waals surface area contributed by atoms with Crippen molar-refractivity contribution in [2.45, 2.75) is 19.3 Å². The molecule has 31 heavy (non-hydrogen) atoms. The lowest BCUT2D eigenvalue weighted by atomic mass is 10.1. The van der Waals surface area contributed by atoms with Crippen LogP contribution in [-0.4, -0.2) is 28.4 Å². The topological polar surface area (TPSA) is 139 Å². The minimum atomic E-state index is -1.02. The molecule has 0 saturated carbocycles. The zero-order valence-electron chi connectivity index (χ0n) is 16.2. The summed E-state index contributed by atoms with van der Waals surface area (Å²) in [6.45, 7) is 0. The van der Waals surface area contributed by atoms with Gasteiger partial charge in [0.25, 0.3) is 0 Å². The highest BCUT2D eigenvalue weighted by Gasteiger charge is 2.14. The number of nitrogens with zero attached hydrogens (tertiary/aromatic N) is 2. The van der Waals surface area contributed by atoms with Gasteiger partial charge in [-0.05, 0) is 42.8 Å². The van der Waals surface area contributed by atoms with Gasteiger partial charge in [0.1, 0.15) is 0 Å². The van der Waals surface area contributed by atoms with Gasteiger partial charge in [0.05, 0.1) is 15.2 Å². The molecule has 0 bridgehead atoms. The summed E-state index contributed by atoms with van der Waals surface area (Å²) < 4.78 is 1.02. The Hall–Kier alpha value is -3.34. The van der Waals surface area contributed by atoms with E-state index in [1.54, 1.807) is 29.7 Å². The zero-order valence-corrected chi connectivity index (χ0v) is 17.8. The molecule has 1 aromatic heterocycles. The molecule has 0 aliphatic carbocycles. The molecule has 3 amide bonds. The summed E-state index contributed by atoms with van der Waals surface area (Å²) in [5, 5.41) is 8.13. The van der Waals surface area contributed by atoms with Crippen LogP contribution in [0.2, 0.25) is 5.02 Å². The van der Waals surface area contributed by atoms with E-state index in [1.807, 2.05) is 24.3 Å². The van der Waals surface area contributed by atoms with Gasteiger partial charge in [-0.3, -0.25) is 19.8 Å². The Morgan fingerprint density at radius 1 is 1.03 bits per heavy atom. The number of aromatic nitrogens is 1. The van der Waals surface area contributed by atoms with Gasteiger partial charge in [0, 0.05) is 29.3 Å². The summed E-state index contributed by atoms with van der Waals surface area (Å²) in [6, 6.07) is 14.4. The molecule has 0 unspecified atom stereocenters. The van der Waals surface area contributed by atoms with Crippen molar-refractivity contribution < 1.29 is 14.4 Å². The Morgan fingerprint density at radius 3 is 2.48 bits per heavy atom. The second kappa shape index (κ2) is 10.6. The summed E-state index contributed by atoms with van der Waals surface area (Å²) >= 11 is 7.34. The van der Waals surface area contributed by atoms with Crippen LogP contribution in [0.5, 0.6) is 0 Å². The number of amides is 3. The van der Waals surface area contributed by atoms with Crippen LogP contribution in [0.4, 0.5) is 5.69 Å². The Bertz CT molecular complexity index is 1100. The van der Waals surface area contributed by atoms with E-state index < -0.39 is 11.8 Å². The van der Waals surface area contributed by atoms with Gasteiger partial charge in [-0.25, -0.2) is 16.3 Å². The Kier molecular flexibility index (Phi) is 7.65. The van der Waals surface area contributed by atoms with Crippen molar-refractivity contribution >= 4 is 62.3 Å². The van der Waals surface area contributed by atoms with Crippen LogP contribution in [0, 0.1) is 0 Å². The smallest absolute Gasteiger partial charge is 0.326 e. The maximum absolute atomic E-state index is 12.3. The number of carbonyl (C=O) groups excluding carboxylic acids is 3. The Morgan fingerprint density at radius 2 is 1.77 bits per heavy atom. The van der Waals surface area contributed by atoms with Gasteiger partial charge >= 0.3 is 11.8 Å². The molecule has 0 saturated heterocycles. The number of carbonyl (C=O) groups is 3. The van der Waals surface area contributed by atoms with E-state index in [-0.39, 0.29) is 18.7 Å². The van der Waals surface area contributed by atoms with Gasteiger partial charge < -0.3 is 5.32 Å². The predicted octanol–water partition coefficient (Wildman–Crippen LogP) is 2.37. The molecule has 3 rings (SSSR count). The number of nitrogens with one attached hydrogen (secondary N) is 3.